The van der Waals surface area contributed by atoms with Crippen LogP contribution in [0.1, 0.15) is 16.7 Å². The lowest BCUT2D eigenvalue weighted by atomic mass is 10.1. The first-order valence-corrected chi connectivity index (χ1v) is 8.72. The first kappa shape index (κ1) is 18.2. The number of aryl methyl sites for hydroxylation is 2. The number of urea groups is 1. The summed E-state index contributed by atoms with van der Waals surface area (Å²) >= 11 is 0. The summed E-state index contributed by atoms with van der Waals surface area (Å²) in [4.78, 5) is 16.5. The fourth-order valence-electron chi connectivity index (χ4n) is 2.73. The number of hydrogen-bond donors (Lipinski definition) is 3. The third-order valence-electron chi connectivity index (χ3n) is 4.19. The van der Waals surface area contributed by atoms with Gasteiger partial charge in [-0.15, -0.1) is 0 Å². The van der Waals surface area contributed by atoms with E-state index in [1.54, 1.807) is 0 Å². The van der Waals surface area contributed by atoms with Gasteiger partial charge >= 0.3 is 6.03 Å². The third-order valence-corrected chi connectivity index (χ3v) is 4.19. The predicted octanol–water partition coefficient (Wildman–Crippen LogP) is 3.96. The number of benzene rings is 2. The molecule has 1 aromatic heterocycles. The fraction of sp³-hybridized carbons (Fsp3) is 0.190. The molecule has 0 saturated heterocycles. The Morgan fingerprint density at radius 3 is 2.70 bits per heavy atom. The highest BCUT2D eigenvalue weighted by Gasteiger charge is 2.07. The van der Waals surface area contributed by atoms with E-state index in [2.05, 4.69) is 27.0 Å². The molecule has 1 heterocycles. The summed E-state index contributed by atoms with van der Waals surface area (Å²) in [5.74, 6) is 0.525. The minimum absolute atomic E-state index is 0.270. The molecule has 0 saturated carbocycles. The van der Waals surface area contributed by atoms with Crippen LogP contribution in [0, 0.1) is 25.2 Å². The van der Waals surface area contributed by atoms with Crippen molar-refractivity contribution in [2.45, 2.75) is 13.8 Å². The number of anilines is 2. The van der Waals surface area contributed by atoms with Gasteiger partial charge in [-0.25, -0.2) is 9.78 Å². The number of nitriles is 1. The second kappa shape index (κ2) is 8.19. The topological polar surface area (TPSA) is 89.8 Å². The number of carbonyl (C=O) groups is 1. The zero-order chi connectivity index (χ0) is 19.2. The fourth-order valence-corrected chi connectivity index (χ4v) is 2.73. The summed E-state index contributed by atoms with van der Waals surface area (Å²) in [6, 6.07) is 17.2. The van der Waals surface area contributed by atoms with Gasteiger partial charge in [0.15, 0.2) is 0 Å². The minimum Gasteiger partial charge on any atom is -0.367 e. The van der Waals surface area contributed by atoms with Crippen LogP contribution in [0.25, 0.3) is 10.9 Å². The van der Waals surface area contributed by atoms with Crippen LogP contribution in [0.3, 0.4) is 0 Å². The van der Waals surface area contributed by atoms with Gasteiger partial charge in [0.1, 0.15) is 11.9 Å². The number of nitrogens with one attached hydrogen (secondary N) is 3. The second-order valence-electron chi connectivity index (χ2n) is 6.32. The lowest BCUT2D eigenvalue weighted by molar-refractivity contribution is 0.252. The van der Waals surface area contributed by atoms with Crippen molar-refractivity contribution in [1.82, 2.24) is 10.3 Å². The van der Waals surface area contributed by atoms with Crippen LogP contribution in [0.2, 0.25) is 0 Å². The molecule has 27 heavy (non-hydrogen) atoms. The molecule has 0 aliphatic heterocycles. The smallest absolute Gasteiger partial charge is 0.319 e. The molecule has 3 N–H and O–H groups in total. The van der Waals surface area contributed by atoms with E-state index >= 15 is 0 Å². The summed E-state index contributed by atoms with van der Waals surface area (Å²) in [5, 5.41) is 19.0. The molecule has 0 fully saturated rings. The quantitative estimate of drug-likeness (QED) is 0.602. The largest absolute Gasteiger partial charge is 0.367 e. The average Bonchev–Trinajstić information content (AvgIpc) is 2.66. The van der Waals surface area contributed by atoms with Crippen molar-refractivity contribution in [3.63, 3.8) is 0 Å². The SMILES string of the molecule is Cc1ccc2cc(C#N)c(NCCNC(=O)Nc3ccccc3C)nc2c1. The first-order chi connectivity index (χ1) is 13.1. The normalized spacial score (nSPS) is 10.3. The molecule has 0 aliphatic rings. The number of hydrogen-bond acceptors (Lipinski definition) is 4. The first-order valence-electron chi connectivity index (χ1n) is 8.72. The molecular weight excluding hydrogens is 338 g/mol. The van der Waals surface area contributed by atoms with Crippen molar-refractivity contribution in [2.75, 3.05) is 23.7 Å². The Kier molecular flexibility index (Phi) is 5.53. The zero-order valence-corrected chi connectivity index (χ0v) is 15.3. The molecule has 2 amide bonds. The number of fused-ring (bicyclic) bond motifs is 1. The Labute approximate surface area is 158 Å². The number of amides is 2. The highest BCUT2D eigenvalue weighted by atomic mass is 16.2. The molecule has 6 nitrogen and oxygen atoms in total. The van der Waals surface area contributed by atoms with E-state index in [1.165, 1.54) is 0 Å². The van der Waals surface area contributed by atoms with Gasteiger partial charge in [0, 0.05) is 24.2 Å². The van der Waals surface area contributed by atoms with Crippen LogP contribution in [0.4, 0.5) is 16.3 Å². The minimum atomic E-state index is -0.270. The molecule has 136 valence electrons. The highest BCUT2D eigenvalue weighted by Crippen LogP contribution is 2.20. The maximum atomic E-state index is 12.0. The van der Waals surface area contributed by atoms with Crippen LogP contribution >= 0.6 is 0 Å². The number of pyridine rings is 1. The van der Waals surface area contributed by atoms with E-state index in [0.717, 1.165) is 27.7 Å². The van der Waals surface area contributed by atoms with Crippen LogP contribution in [0.15, 0.2) is 48.5 Å². The van der Waals surface area contributed by atoms with Gasteiger partial charge < -0.3 is 16.0 Å². The monoisotopic (exact) mass is 359 g/mol. The third kappa shape index (κ3) is 4.53. The average molecular weight is 359 g/mol. The molecular formula is C21H21N5O. The number of carbonyl (C=O) groups excluding carboxylic acids is 1. The molecule has 0 unspecified atom stereocenters. The Balaban J connectivity index is 1.58. The van der Waals surface area contributed by atoms with Crippen LogP contribution in [-0.4, -0.2) is 24.1 Å². The van der Waals surface area contributed by atoms with Crippen molar-refractivity contribution in [3.05, 3.63) is 65.2 Å². The Morgan fingerprint density at radius 2 is 1.93 bits per heavy atom. The summed E-state index contributed by atoms with van der Waals surface area (Å²) < 4.78 is 0. The summed E-state index contributed by atoms with van der Waals surface area (Å²) in [6.07, 6.45) is 0. The lowest BCUT2D eigenvalue weighted by Crippen LogP contribution is -2.33. The molecule has 6 heteroatoms. The van der Waals surface area contributed by atoms with E-state index in [9.17, 15) is 10.1 Å². The predicted molar refractivity (Wildman–Crippen MR) is 108 cm³/mol. The van der Waals surface area contributed by atoms with Gasteiger partial charge in [-0.1, -0.05) is 30.3 Å². The lowest BCUT2D eigenvalue weighted by Gasteiger charge is -2.11. The molecule has 0 bridgehead atoms. The molecule has 2 aromatic carbocycles. The Morgan fingerprint density at radius 1 is 1.11 bits per heavy atom. The standard InChI is InChI=1S/C21H21N5O/c1-14-7-8-16-12-17(13-22)20(25-19(16)11-14)23-9-10-24-21(27)26-18-6-4-3-5-15(18)2/h3-8,11-12H,9-10H2,1-2H3,(H,23,25)(H2,24,26,27). The van der Waals surface area contributed by atoms with E-state index < -0.39 is 0 Å². The Bertz CT molecular complexity index is 1020. The van der Waals surface area contributed by atoms with Crippen LogP contribution in [-0.2, 0) is 0 Å². The highest BCUT2D eigenvalue weighted by molar-refractivity contribution is 5.90. The van der Waals surface area contributed by atoms with Gasteiger partial charge in [0.2, 0.25) is 0 Å². The number of aromatic nitrogens is 1. The van der Waals surface area contributed by atoms with Gasteiger partial charge in [0.05, 0.1) is 11.1 Å². The maximum Gasteiger partial charge on any atom is 0.319 e. The van der Waals surface area contributed by atoms with E-state index in [-0.39, 0.29) is 6.03 Å². The number of nitrogens with zero attached hydrogens (tertiary/aromatic N) is 2. The molecule has 0 atom stereocenters. The van der Waals surface area contributed by atoms with Crippen molar-refractivity contribution >= 4 is 28.4 Å². The number of rotatable bonds is 5. The summed E-state index contributed by atoms with van der Waals surface area (Å²) in [5.41, 5.74) is 4.21. The molecule has 3 rings (SSSR count). The van der Waals surface area contributed by atoms with Crippen LogP contribution < -0.4 is 16.0 Å². The van der Waals surface area contributed by atoms with E-state index in [4.69, 9.17) is 0 Å². The van der Waals surface area contributed by atoms with Crippen molar-refractivity contribution in [2.24, 2.45) is 0 Å². The van der Waals surface area contributed by atoms with Gasteiger partial charge in [-0.3, -0.25) is 0 Å². The Hall–Kier alpha value is -3.59. The van der Waals surface area contributed by atoms with Crippen LogP contribution in [0.5, 0.6) is 0 Å². The van der Waals surface area contributed by atoms with Crippen molar-refractivity contribution in [1.29, 1.82) is 5.26 Å². The van der Waals surface area contributed by atoms with E-state index in [1.807, 2.05) is 62.4 Å². The maximum absolute atomic E-state index is 12.0. The van der Waals surface area contributed by atoms with Crippen molar-refractivity contribution < 1.29 is 4.79 Å². The summed E-state index contributed by atoms with van der Waals surface area (Å²) in [7, 11) is 0. The molecule has 0 spiro atoms. The van der Waals surface area contributed by atoms with E-state index in [0.29, 0.717) is 24.5 Å². The van der Waals surface area contributed by atoms with Crippen molar-refractivity contribution in [3.8, 4) is 6.07 Å². The second-order valence-corrected chi connectivity index (χ2v) is 6.32. The molecule has 0 radical (unpaired) electrons. The number of para-hydroxylation sites is 1. The van der Waals surface area contributed by atoms with Gasteiger partial charge in [-0.2, -0.15) is 5.26 Å². The zero-order valence-electron chi connectivity index (χ0n) is 15.3. The summed E-state index contributed by atoms with van der Waals surface area (Å²) in [6.45, 7) is 4.80. The van der Waals surface area contributed by atoms with Gasteiger partial charge in [0.25, 0.3) is 0 Å². The molecule has 3 aromatic rings. The molecule has 0 aliphatic carbocycles. The van der Waals surface area contributed by atoms with Gasteiger partial charge in [-0.05, 0) is 43.2 Å².